The molecule has 128 valence electrons. The number of hydrogen-bond donors (Lipinski definition) is 1. The third-order valence-corrected chi connectivity index (χ3v) is 3.84. The molecule has 2 amide bonds. The number of urea groups is 1. The maximum atomic E-state index is 12.3. The summed E-state index contributed by atoms with van der Waals surface area (Å²) in [6.07, 6.45) is 3.29. The highest BCUT2D eigenvalue weighted by Gasteiger charge is 2.16. The van der Waals surface area contributed by atoms with E-state index in [9.17, 15) is 4.79 Å². The van der Waals surface area contributed by atoms with E-state index in [1.165, 1.54) is 4.90 Å². The number of anilines is 1. The van der Waals surface area contributed by atoms with Crippen molar-refractivity contribution < 1.29 is 9.32 Å². The van der Waals surface area contributed by atoms with Gasteiger partial charge in [0.05, 0.1) is 10.7 Å². The van der Waals surface area contributed by atoms with E-state index in [-0.39, 0.29) is 12.6 Å². The van der Waals surface area contributed by atoms with Gasteiger partial charge in [-0.15, -0.1) is 0 Å². The number of aromatic nitrogens is 3. The molecule has 25 heavy (non-hydrogen) atoms. The first-order valence-electron chi connectivity index (χ1n) is 7.23. The fraction of sp³-hybridized carbons (Fsp3) is 0.125. The minimum atomic E-state index is -0.384. The van der Waals surface area contributed by atoms with Crippen LogP contribution in [0.3, 0.4) is 0 Å². The molecule has 0 bridgehead atoms. The first-order chi connectivity index (χ1) is 12.0. The largest absolute Gasteiger partial charge is 0.337 e. The Balaban J connectivity index is 1.66. The lowest BCUT2D eigenvalue weighted by Gasteiger charge is -2.16. The van der Waals surface area contributed by atoms with Crippen molar-refractivity contribution in [1.82, 2.24) is 20.0 Å². The summed E-state index contributed by atoms with van der Waals surface area (Å²) in [7, 11) is 1.60. The molecule has 0 fully saturated rings. The Morgan fingerprint density at radius 1 is 1.32 bits per heavy atom. The molecule has 0 radical (unpaired) electrons. The second-order valence-corrected chi connectivity index (χ2v) is 6.01. The number of nitrogens with one attached hydrogen (secondary N) is 1. The molecule has 3 rings (SSSR count). The highest BCUT2D eigenvalue weighted by atomic mass is 35.5. The molecule has 0 aliphatic carbocycles. The first kappa shape index (κ1) is 17.2. The van der Waals surface area contributed by atoms with Gasteiger partial charge >= 0.3 is 6.03 Å². The van der Waals surface area contributed by atoms with Gasteiger partial charge in [0.15, 0.2) is 0 Å². The Labute approximate surface area is 153 Å². The summed E-state index contributed by atoms with van der Waals surface area (Å²) in [5.41, 5.74) is 1.16. The van der Waals surface area contributed by atoms with Gasteiger partial charge in [0.2, 0.25) is 11.7 Å². The molecule has 0 aliphatic heterocycles. The molecule has 2 heterocycles. The van der Waals surface area contributed by atoms with Crippen LogP contribution in [0, 0.1) is 0 Å². The van der Waals surface area contributed by atoms with E-state index in [0.29, 0.717) is 27.4 Å². The van der Waals surface area contributed by atoms with Crippen LogP contribution in [0.4, 0.5) is 10.5 Å². The van der Waals surface area contributed by atoms with Crippen LogP contribution in [0.5, 0.6) is 0 Å². The quantitative estimate of drug-likeness (QED) is 0.739. The van der Waals surface area contributed by atoms with E-state index in [2.05, 4.69) is 20.4 Å². The number of benzene rings is 1. The van der Waals surface area contributed by atoms with Crippen LogP contribution in [0.1, 0.15) is 5.89 Å². The summed E-state index contributed by atoms with van der Waals surface area (Å²) in [5.74, 6) is 0.712. The maximum Gasteiger partial charge on any atom is 0.322 e. The average molecular weight is 378 g/mol. The van der Waals surface area contributed by atoms with E-state index in [1.807, 2.05) is 6.07 Å². The normalized spacial score (nSPS) is 10.5. The Morgan fingerprint density at radius 2 is 2.16 bits per heavy atom. The molecule has 0 atom stereocenters. The smallest absolute Gasteiger partial charge is 0.322 e. The predicted molar refractivity (Wildman–Crippen MR) is 94.5 cm³/mol. The number of carbonyl (C=O) groups excluding carboxylic acids is 1. The van der Waals surface area contributed by atoms with Gasteiger partial charge in [-0.3, -0.25) is 4.98 Å². The van der Waals surface area contributed by atoms with Crippen molar-refractivity contribution in [2.45, 2.75) is 6.54 Å². The zero-order chi connectivity index (χ0) is 17.8. The number of hydrogen-bond acceptors (Lipinski definition) is 5. The second-order valence-electron chi connectivity index (χ2n) is 5.16. The molecule has 9 heteroatoms. The Morgan fingerprint density at radius 3 is 2.92 bits per heavy atom. The summed E-state index contributed by atoms with van der Waals surface area (Å²) in [5, 5.41) is 7.43. The average Bonchev–Trinajstić information content (AvgIpc) is 3.07. The zero-order valence-corrected chi connectivity index (χ0v) is 14.6. The molecule has 1 N–H and O–H groups in total. The van der Waals surface area contributed by atoms with Crippen molar-refractivity contribution in [2.75, 3.05) is 12.4 Å². The van der Waals surface area contributed by atoms with Crippen molar-refractivity contribution in [3.63, 3.8) is 0 Å². The standard InChI is InChI=1S/C16H13Cl2N5O2/c1-23(16(24)20-13-7-11(17)4-5-12(13)18)9-14-21-15(22-25-14)10-3-2-6-19-8-10/h2-8H,9H2,1H3,(H,20,24). The maximum absolute atomic E-state index is 12.3. The number of halogens is 2. The summed E-state index contributed by atoms with van der Waals surface area (Å²) < 4.78 is 5.18. The van der Waals surface area contributed by atoms with Crippen molar-refractivity contribution in [3.05, 3.63) is 58.7 Å². The monoisotopic (exact) mass is 377 g/mol. The summed E-state index contributed by atoms with van der Waals surface area (Å²) >= 11 is 11.9. The van der Waals surface area contributed by atoms with Crippen LogP contribution in [0.25, 0.3) is 11.4 Å². The van der Waals surface area contributed by atoms with E-state index in [1.54, 1.807) is 43.7 Å². The van der Waals surface area contributed by atoms with E-state index in [4.69, 9.17) is 27.7 Å². The first-order valence-corrected chi connectivity index (χ1v) is 7.98. The lowest BCUT2D eigenvalue weighted by Crippen LogP contribution is -2.31. The molecule has 3 aromatic rings. The number of rotatable bonds is 4. The van der Waals surface area contributed by atoms with Crippen LogP contribution in [-0.2, 0) is 6.54 Å². The topological polar surface area (TPSA) is 84.2 Å². The van der Waals surface area contributed by atoms with Crippen molar-refractivity contribution in [2.24, 2.45) is 0 Å². The zero-order valence-electron chi connectivity index (χ0n) is 13.1. The fourth-order valence-corrected chi connectivity index (χ4v) is 2.35. The van der Waals surface area contributed by atoms with Crippen LogP contribution >= 0.6 is 23.2 Å². The third-order valence-electron chi connectivity index (χ3n) is 3.28. The Kier molecular flexibility index (Phi) is 5.16. The second kappa shape index (κ2) is 7.50. The van der Waals surface area contributed by atoms with Crippen molar-refractivity contribution in [1.29, 1.82) is 0 Å². The predicted octanol–water partition coefficient (Wildman–Crippen LogP) is 4.10. The number of amides is 2. The van der Waals surface area contributed by atoms with Gasteiger partial charge in [0.1, 0.15) is 6.54 Å². The minimum Gasteiger partial charge on any atom is -0.337 e. The summed E-state index contributed by atoms with van der Waals surface area (Å²) in [6, 6.07) is 8.03. The van der Waals surface area contributed by atoms with E-state index in [0.717, 1.165) is 5.56 Å². The molecule has 0 saturated carbocycles. The third kappa shape index (κ3) is 4.26. The lowest BCUT2D eigenvalue weighted by atomic mass is 10.3. The molecule has 0 spiro atoms. The molecular formula is C16H13Cl2N5O2. The van der Waals surface area contributed by atoms with Gasteiger partial charge in [0.25, 0.3) is 0 Å². The van der Waals surface area contributed by atoms with Crippen molar-refractivity contribution in [3.8, 4) is 11.4 Å². The van der Waals surface area contributed by atoms with Gasteiger partial charge in [-0.2, -0.15) is 4.98 Å². The number of nitrogens with zero attached hydrogens (tertiary/aromatic N) is 4. The summed E-state index contributed by atoms with van der Waals surface area (Å²) in [4.78, 5) is 21.9. The highest BCUT2D eigenvalue weighted by molar-refractivity contribution is 6.35. The summed E-state index contributed by atoms with van der Waals surface area (Å²) in [6.45, 7) is 0.136. The number of carbonyl (C=O) groups is 1. The van der Waals surface area contributed by atoms with Crippen LogP contribution < -0.4 is 5.32 Å². The van der Waals surface area contributed by atoms with Gasteiger partial charge in [-0.05, 0) is 30.3 Å². The van der Waals surface area contributed by atoms with Crippen LogP contribution in [0.2, 0.25) is 10.0 Å². The fourth-order valence-electron chi connectivity index (χ4n) is 2.01. The van der Waals surface area contributed by atoms with Gasteiger partial charge in [-0.25, -0.2) is 4.79 Å². The molecule has 0 aliphatic rings. The molecule has 1 aromatic carbocycles. The molecule has 2 aromatic heterocycles. The molecule has 0 saturated heterocycles. The molecular weight excluding hydrogens is 365 g/mol. The molecule has 7 nitrogen and oxygen atoms in total. The van der Waals surface area contributed by atoms with E-state index < -0.39 is 0 Å². The van der Waals surface area contributed by atoms with Crippen molar-refractivity contribution >= 4 is 34.9 Å². The van der Waals surface area contributed by atoms with Crippen LogP contribution in [-0.4, -0.2) is 33.1 Å². The Hall–Kier alpha value is -2.64. The van der Waals surface area contributed by atoms with Gasteiger partial charge in [-0.1, -0.05) is 28.4 Å². The number of pyridine rings is 1. The van der Waals surface area contributed by atoms with Gasteiger partial charge < -0.3 is 14.7 Å². The van der Waals surface area contributed by atoms with Gasteiger partial charge in [0, 0.05) is 30.0 Å². The molecule has 0 unspecified atom stereocenters. The lowest BCUT2D eigenvalue weighted by molar-refractivity contribution is 0.213. The minimum absolute atomic E-state index is 0.136. The SMILES string of the molecule is CN(Cc1nc(-c2cccnc2)no1)C(=O)Nc1cc(Cl)ccc1Cl. The van der Waals surface area contributed by atoms with E-state index >= 15 is 0 Å². The Bertz CT molecular complexity index is 885. The van der Waals surface area contributed by atoms with Crippen LogP contribution in [0.15, 0.2) is 47.2 Å². The highest BCUT2D eigenvalue weighted by Crippen LogP contribution is 2.25.